The molecule has 6 nitrogen and oxygen atoms in total. The van der Waals surface area contributed by atoms with Crippen molar-refractivity contribution in [1.29, 1.82) is 0 Å². The van der Waals surface area contributed by atoms with Crippen molar-refractivity contribution >= 4 is 12.0 Å². The molecule has 0 bridgehead atoms. The van der Waals surface area contributed by atoms with Crippen LogP contribution in [0, 0.1) is 5.92 Å². The highest BCUT2D eigenvalue weighted by Crippen LogP contribution is 2.54. The first-order valence-corrected chi connectivity index (χ1v) is 7.47. The minimum atomic E-state index is -6.80. The maximum Gasteiger partial charge on any atom is 0.460 e. The highest BCUT2D eigenvalue weighted by Gasteiger charge is 2.83. The topological polar surface area (TPSA) is 87.7 Å². The second kappa shape index (κ2) is 6.79. The zero-order valence-corrected chi connectivity index (χ0v) is 13.9. The van der Waals surface area contributed by atoms with Gasteiger partial charge in [-0.1, -0.05) is 30.3 Å². The maximum absolute atomic E-state index is 14.4. The molecule has 1 aliphatic heterocycles. The number of hydrogen-bond donors (Lipinski definition) is 3. The van der Waals surface area contributed by atoms with E-state index in [2.05, 4.69) is 4.74 Å². The van der Waals surface area contributed by atoms with E-state index in [0.717, 1.165) is 5.32 Å². The molecule has 0 unspecified atom stereocenters. The summed E-state index contributed by atoms with van der Waals surface area (Å²) in [5.41, 5.74) is -4.76. The lowest BCUT2D eigenvalue weighted by molar-refractivity contribution is -0.397. The highest BCUT2D eigenvalue weighted by atomic mass is 19.4. The smallest absolute Gasteiger partial charge is 0.460 e. The lowest BCUT2D eigenvalue weighted by atomic mass is 9.77. The van der Waals surface area contributed by atoms with Crippen LogP contribution in [-0.4, -0.2) is 48.0 Å². The summed E-state index contributed by atoms with van der Waals surface area (Å²) in [5, 5.41) is 13.2. The summed E-state index contributed by atoms with van der Waals surface area (Å²) in [6, 6.07) is 2.83. The third-order valence-electron chi connectivity index (χ3n) is 4.22. The minimum absolute atomic E-state index is 0.127. The van der Waals surface area contributed by atoms with Crippen molar-refractivity contribution in [3.63, 3.8) is 0 Å². The maximum atomic E-state index is 14.4. The molecular formula is C15H13F7N2O4. The number of nitrogens with one attached hydrogen (secondary N) is 2. The summed E-state index contributed by atoms with van der Waals surface area (Å²) >= 11 is 0. The lowest BCUT2D eigenvalue weighted by Crippen LogP contribution is -2.78. The number of rotatable bonds is 4. The van der Waals surface area contributed by atoms with E-state index < -0.39 is 47.7 Å². The molecule has 1 aliphatic rings. The standard InChI is InChI=1S/C15H13F7N2O4/c1-28-10(25)8-9(7-5-3-2-4-6-7)23-11(26)24-12(8,27)13(16,17)14(18,19)15(20,21)22/h2-6,8-9,27H,1H3,(H2,23,24,26)/t8-,9+,12-/m0/s1. The van der Waals surface area contributed by atoms with Crippen LogP contribution in [-0.2, 0) is 9.53 Å². The van der Waals surface area contributed by atoms with Gasteiger partial charge in [-0.15, -0.1) is 0 Å². The molecule has 3 N–H and O–H groups in total. The molecule has 13 heteroatoms. The van der Waals surface area contributed by atoms with Crippen LogP contribution in [0.15, 0.2) is 30.3 Å². The van der Waals surface area contributed by atoms with E-state index >= 15 is 0 Å². The van der Waals surface area contributed by atoms with Crippen LogP contribution >= 0.6 is 0 Å². The molecule has 3 atom stereocenters. The Labute approximate surface area is 152 Å². The van der Waals surface area contributed by atoms with E-state index in [4.69, 9.17) is 0 Å². The Bertz CT molecular complexity index is 757. The monoisotopic (exact) mass is 418 g/mol. The predicted octanol–water partition coefficient (Wildman–Crippen LogP) is 2.35. The molecule has 0 spiro atoms. The molecule has 0 radical (unpaired) electrons. The van der Waals surface area contributed by atoms with E-state index in [1.54, 1.807) is 0 Å². The van der Waals surface area contributed by atoms with Gasteiger partial charge in [-0.3, -0.25) is 4.79 Å². The zero-order valence-electron chi connectivity index (χ0n) is 13.9. The normalized spacial score (nSPS) is 26.2. The average molecular weight is 418 g/mol. The van der Waals surface area contributed by atoms with Gasteiger partial charge in [0.25, 0.3) is 0 Å². The Kier molecular flexibility index (Phi) is 5.27. The van der Waals surface area contributed by atoms with Gasteiger partial charge in [0, 0.05) is 0 Å². The van der Waals surface area contributed by atoms with Crippen LogP contribution < -0.4 is 10.6 Å². The van der Waals surface area contributed by atoms with Gasteiger partial charge in [0.1, 0.15) is 5.92 Å². The lowest BCUT2D eigenvalue weighted by Gasteiger charge is -2.48. The van der Waals surface area contributed by atoms with E-state index in [9.17, 15) is 45.4 Å². The summed E-state index contributed by atoms with van der Waals surface area (Å²) < 4.78 is 98.0. The van der Waals surface area contributed by atoms with Crippen LogP contribution in [0.1, 0.15) is 11.6 Å². The predicted molar refractivity (Wildman–Crippen MR) is 77.3 cm³/mol. The molecule has 28 heavy (non-hydrogen) atoms. The van der Waals surface area contributed by atoms with Crippen molar-refractivity contribution in [2.75, 3.05) is 7.11 Å². The first-order chi connectivity index (χ1) is 12.7. The van der Waals surface area contributed by atoms with Crippen molar-refractivity contribution in [3.8, 4) is 0 Å². The molecule has 1 heterocycles. The van der Waals surface area contributed by atoms with E-state index in [0.29, 0.717) is 7.11 Å². The number of halogens is 7. The van der Waals surface area contributed by atoms with Gasteiger partial charge in [-0.25, -0.2) is 4.79 Å². The second-order valence-electron chi connectivity index (χ2n) is 5.90. The Hall–Kier alpha value is -2.57. The summed E-state index contributed by atoms with van der Waals surface area (Å²) in [6.07, 6.45) is -6.80. The van der Waals surface area contributed by atoms with Crippen molar-refractivity contribution in [2.45, 2.75) is 29.8 Å². The fourth-order valence-corrected chi connectivity index (χ4v) is 2.81. The molecule has 1 aromatic rings. The Morgan fingerprint density at radius 3 is 2.11 bits per heavy atom. The number of aliphatic hydroxyl groups is 1. The summed E-state index contributed by atoms with van der Waals surface area (Å²) in [7, 11) is 0.640. The number of hydrogen-bond acceptors (Lipinski definition) is 4. The molecule has 156 valence electrons. The highest BCUT2D eigenvalue weighted by molar-refractivity contribution is 5.83. The van der Waals surface area contributed by atoms with Gasteiger partial charge in [0.05, 0.1) is 13.2 Å². The molecule has 0 saturated carbocycles. The largest absolute Gasteiger partial charge is 0.469 e. The second-order valence-corrected chi connectivity index (χ2v) is 5.90. The molecule has 2 amide bonds. The fourth-order valence-electron chi connectivity index (χ4n) is 2.81. The van der Waals surface area contributed by atoms with Gasteiger partial charge in [-0.05, 0) is 5.56 Å². The van der Waals surface area contributed by atoms with Crippen LogP contribution in [0.4, 0.5) is 35.5 Å². The Morgan fingerprint density at radius 1 is 1.11 bits per heavy atom. The zero-order chi connectivity index (χ0) is 21.5. The summed E-state index contributed by atoms with van der Waals surface area (Å²) in [6.45, 7) is 0. The molecule has 0 aromatic heterocycles. The Morgan fingerprint density at radius 2 is 1.64 bits per heavy atom. The van der Waals surface area contributed by atoms with Crippen molar-refractivity contribution < 1.29 is 50.2 Å². The number of benzene rings is 1. The van der Waals surface area contributed by atoms with Gasteiger partial charge in [0.2, 0.25) is 5.72 Å². The quantitative estimate of drug-likeness (QED) is 0.518. The van der Waals surface area contributed by atoms with Crippen LogP contribution in [0.25, 0.3) is 0 Å². The van der Waals surface area contributed by atoms with Crippen LogP contribution in [0.2, 0.25) is 0 Å². The van der Waals surface area contributed by atoms with Crippen LogP contribution in [0.3, 0.4) is 0 Å². The molecule has 1 fully saturated rings. The number of alkyl halides is 7. The van der Waals surface area contributed by atoms with E-state index in [1.807, 2.05) is 5.32 Å². The molecule has 1 saturated heterocycles. The molecule has 0 aliphatic carbocycles. The van der Waals surface area contributed by atoms with E-state index in [1.165, 1.54) is 30.3 Å². The number of carbonyl (C=O) groups excluding carboxylic acids is 2. The molecule has 1 aromatic carbocycles. The van der Waals surface area contributed by atoms with Crippen LogP contribution in [0.5, 0.6) is 0 Å². The number of amides is 2. The first-order valence-electron chi connectivity index (χ1n) is 7.47. The van der Waals surface area contributed by atoms with Gasteiger partial charge < -0.3 is 20.5 Å². The van der Waals surface area contributed by atoms with Crippen molar-refractivity contribution in [3.05, 3.63) is 35.9 Å². The third kappa shape index (κ3) is 3.12. The number of carbonyl (C=O) groups is 2. The van der Waals surface area contributed by atoms with Gasteiger partial charge >= 0.3 is 30.0 Å². The first kappa shape index (κ1) is 21.7. The summed E-state index contributed by atoms with van der Waals surface area (Å²) in [5.74, 6) is -17.7. The number of esters is 1. The fraction of sp³-hybridized carbons (Fsp3) is 0.467. The van der Waals surface area contributed by atoms with Gasteiger partial charge in [-0.2, -0.15) is 30.7 Å². The number of ether oxygens (including phenoxy) is 1. The van der Waals surface area contributed by atoms with E-state index in [-0.39, 0.29) is 5.56 Å². The number of urea groups is 1. The molecular weight excluding hydrogens is 405 g/mol. The van der Waals surface area contributed by atoms with Gasteiger partial charge in [0.15, 0.2) is 0 Å². The average Bonchev–Trinajstić information content (AvgIpc) is 2.60. The summed E-state index contributed by atoms with van der Waals surface area (Å²) in [4.78, 5) is 23.8. The SMILES string of the molecule is COC(=O)[C@@H]1[C@@H](c2ccccc2)NC(=O)N[C@@]1(O)C(F)(F)C(F)(F)C(F)(F)F. The Balaban J connectivity index is 2.70. The minimum Gasteiger partial charge on any atom is -0.469 e. The number of methoxy groups -OCH3 is 1. The van der Waals surface area contributed by atoms with Crippen molar-refractivity contribution in [1.82, 2.24) is 10.6 Å². The van der Waals surface area contributed by atoms with Crippen molar-refractivity contribution in [2.24, 2.45) is 5.92 Å². The molecule has 2 rings (SSSR count). The third-order valence-corrected chi connectivity index (χ3v) is 4.22.